The zero-order valence-electron chi connectivity index (χ0n) is 16.4. The van der Waals surface area contributed by atoms with Crippen LogP contribution in [0.15, 0.2) is 47.0 Å². The third-order valence-corrected chi connectivity index (χ3v) is 5.21. The van der Waals surface area contributed by atoms with Crippen LogP contribution in [0.25, 0.3) is 0 Å². The number of nitrogens with zero attached hydrogens (tertiary/aromatic N) is 3. The molecule has 11 heteroatoms. The van der Waals surface area contributed by atoms with Gasteiger partial charge in [-0.2, -0.15) is 0 Å². The summed E-state index contributed by atoms with van der Waals surface area (Å²) < 4.78 is 26.2. The van der Waals surface area contributed by atoms with E-state index in [-0.39, 0.29) is 24.1 Å². The van der Waals surface area contributed by atoms with Crippen molar-refractivity contribution >= 4 is 40.5 Å². The van der Waals surface area contributed by atoms with Crippen molar-refractivity contribution in [2.45, 2.75) is 25.7 Å². The van der Waals surface area contributed by atoms with E-state index in [9.17, 15) is 9.18 Å². The molecular formula is C19H21FIN5O4+. The Kier molecular flexibility index (Phi) is 6.06. The smallest absolute Gasteiger partial charge is 0.298 e. The molecule has 3 heterocycles. The maximum absolute atomic E-state index is 14.3. The van der Waals surface area contributed by atoms with Crippen LogP contribution in [-0.4, -0.2) is 48.9 Å². The molecular weight excluding hydrogens is 508 g/mol. The van der Waals surface area contributed by atoms with Crippen LogP contribution >= 0.6 is 22.6 Å². The van der Waals surface area contributed by atoms with Gasteiger partial charge >= 0.3 is 0 Å². The van der Waals surface area contributed by atoms with Crippen molar-refractivity contribution in [1.82, 2.24) is 15.4 Å². The molecule has 159 valence electrons. The second-order valence-electron chi connectivity index (χ2n) is 7.32. The lowest BCUT2D eigenvalue weighted by molar-refractivity contribution is -0.152. The average Bonchev–Trinajstić information content (AvgIpc) is 3.28. The summed E-state index contributed by atoms with van der Waals surface area (Å²) in [5.74, 6) is -1.58. The number of hydroxylamine groups is 1. The molecule has 1 unspecified atom stereocenters. The first-order chi connectivity index (χ1) is 14.3. The maximum atomic E-state index is 14.3. The predicted octanol–water partition coefficient (Wildman–Crippen LogP) is 2.14. The molecule has 0 saturated carbocycles. The van der Waals surface area contributed by atoms with Gasteiger partial charge in [0, 0.05) is 3.57 Å². The molecule has 0 bridgehead atoms. The van der Waals surface area contributed by atoms with E-state index >= 15 is 0 Å². The summed E-state index contributed by atoms with van der Waals surface area (Å²) in [6.45, 7) is 4.45. The zero-order chi connectivity index (χ0) is 21.3. The number of rotatable bonds is 6. The van der Waals surface area contributed by atoms with E-state index in [0.717, 1.165) is 9.27 Å². The Labute approximate surface area is 186 Å². The van der Waals surface area contributed by atoms with Crippen LogP contribution < -0.4 is 15.8 Å². The molecule has 0 aliphatic carbocycles. The number of hydrogen-bond donors (Lipinski definition) is 2. The number of carbonyl (C=O) groups is 1. The second-order valence-corrected chi connectivity index (χ2v) is 8.57. The summed E-state index contributed by atoms with van der Waals surface area (Å²) in [5.41, 5.74) is 6.71. The van der Waals surface area contributed by atoms with Crippen LogP contribution in [-0.2, 0) is 19.1 Å². The topological polar surface area (TPSA) is 90.3 Å². The fourth-order valence-electron chi connectivity index (χ4n) is 3.12. The molecule has 2 N–H and O–H groups in total. The SMILES string of the molecule is CC1(C)OCC(CONC(=O)C2=C[N+]3C=NC=C3CN2Nc2ccc(I)cc2F)O1. The zero-order valence-corrected chi connectivity index (χ0v) is 18.6. The minimum absolute atomic E-state index is 0.137. The number of nitrogens with one attached hydrogen (secondary N) is 2. The predicted molar refractivity (Wildman–Crippen MR) is 115 cm³/mol. The maximum Gasteiger partial charge on any atom is 0.298 e. The standard InChI is InChI=1S/C19H21FIN5O4/c1-19(2)28-9-14(30-19)10-29-24-18(27)17-8-25-11-22-6-13(25)7-26(17)23-16-4-3-12(21)5-15(16)20/h3-6,8,11,14,23H,7,9-10H2,1-2H3,(H,24,27)/q+1. The Bertz CT molecular complexity index is 935. The summed E-state index contributed by atoms with van der Waals surface area (Å²) in [6.07, 6.45) is 4.59. The third kappa shape index (κ3) is 4.81. The summed E-state index contributed by atoms with van der Waals surface area (Å²) in [5, 5.41) is 1.54. The highest BCUT2D eigenvalue weighted by Crippen LogP contribution is 2.24. The summed E-state index contributed by atoms with van der Waals surface area (Å²) in [7, 11) is 0. The van der Waals surface area contributed by atoms with E-state index in [1.807, 2.05) is 36.4 Å². The Balaban J connectivity index is 1.43. The van der Waals surface area contributed by atoms with Gasteiger partial charge in [0.1, 0.15) is 25.1 Å². The van der Waals surface area contributed by atoms with Gasteiger partial charge in [0.15, 0.2) is 17.7 Å². The van der Waals surface area contributed by atoms with E-state index in [0.29, 0.717) is 13.2 Å². The molecule has 1 amide bonds. The summed E-state index contributed by atoms with van der Waals surface area (Å²) >= 11 is 2.04. The highest BCUT2D eigenvalue weighted by molar-refractivity contribution is 14.1. The molecule has 0 aromatic heterocycles. The van der Waals surface area contributed by atoms with E-state index < -0.39 is 17.5 Å². The molecule has 30 heavy (non-hydrogen) atoms. The van der Waals surface area contributed by atoms with Gasteiger partial charge < -0.3 is 9.47 Å². The normalized spacial score (nSPS) is 22.5. The lowest BCUT2D eigenvalue weighted by Gasteiger charge is -2.29. The number of halogens is 2. The van der Waals surface area contributed by atoms with Crippen LogP contribution in [0.4, 0.5) is 10.1 Å². The summed E-state index contributed by atoms with van der Waals surface area (Å²) in [6, 6.07) is 4.81. The van der Waals surface area contributed by atoms with Crippen LogP contribution in [0, 0.1) is 9.39 Å². The Hall–Kier alpha value is -2.06. The van der Waals surface area contributed by atoms with Gasteiger partial charge in [-0.05, 0) is 54.6 Å². The van der Waals surface area contributed by atoms with E-state index in [1.165, 1.54) is 6.07 Å². The Morgan fingerprint density at radius 2 is 2.33 bits per heavy atom. The molecule has 1 atom stereocenters. The lowest BCUT2D eigenvalue weighted by atomic mass is 10.2. The fourth-order valence-corrected chi connectivity index (χ4v) is 3.58. The van der Waals surface area contributed by atoms with E-state index in [1.54, 1.807) is 40.8 Å². The van der Waals surface area contributed by atoms with Crippen LogP contribution in [0.1, 0.15) is 13.8 Å². The minimum atomic E-state index is -0.667. The molecule has 0 spiro atoms. The largest absolute Gasteiger partial charge is 0.348 e. The van der Waals surface area contributed by atoms with Gasteiger partial charge in [-0.1, -0.05) is 4.90 Å². The molecule has 4 rings (SSSR count). The van der Waals surface area contributed by atoms with Crippen LogP contribution in [0.3, 0.4) is 0 Å². The number of amides is 1. The molecule has 1 aromatic carbocycles. The van der Waals surface area contributed by atoms with Crippen LogP contribution in [0.2, 0.25) is 0 Å². The average molecular weight is 529 g/mol. The molecule has 3 aliphatic heterocycles. The number of ether oxygens (including phenoxy) is 2. The fraction of sp³-hybridized carbons (Fsp3) is 0.368. The highest BCUT2D eigenvalue weighted by Gasteiger charge is 2.37. The van der Waals surface area contributed by atoms with Crippen molar-refractivity contribution in [2.75, 3.05) is 25.2 Å². The first-order valence-electron chi connectivity index (χ1n) is 9.26. The van der Waals surface area contributed by atoms with Crippen molar-refractivity contribution in [2.24, 2.45) is 4.99 Å². The first-order valence-corrected chi connectivity index (χ1v) is 10.3. The van der Waals surface area contributed by atoms with Gasteiger partial charge in [-0.3, -0.25) is 20.1 Å². The minimum Gasteiger partial charge on any atom is -0.348 e. The first kappa shape index (κ1) is 21.2. The molecule has 1 radical (unpaired) electrons. The number of benzene rings is 1. The third-order valence-electron chi connectivity index (χ3n) is 4.54. The number of anilines is 1. The van der Waals surface area contributed by atoms with Crippen molar-refractivity contribution in [3.63, 3.8) is 0 Å². The van der Waals surface area contributed by atoms with Crippen molar-refractivity contribution in [1.29, 1.82) is 0 Å². The molecule has 1 saturated heterocycles. The van der Waals surface area contributed by atoms with Crippen molar-refractivity contribution in [3.05, 3.63) is 51.4 Å². The Morgan fingerprint density at radius 3 is 3.07 bits per heavy atom. The van der Waals surface area contributed by atoms with Crippen molar-refractivity contribution in [3.8, 4) is 0 Å². The monoisotopic (exact) mass is 529 g/mol. The number of hydrogen-bond acceptors (Lipinski definition) is 8. The number of carbonyl (C=O) groups excluding carboxylic acids is 1. The molecule has 9 nitrogen and oxygen atoms in total. The second kappa shape index (κ2) is 8.59. The molecule has 1 fully saturated rings. The molecule has 1 aromatic rings. The quantitative estimate of drug-likeness (QED) is 0.334. The summed E-state index contributed by atoms with van der Waals surface area (Å²) in [4.78, 5) is 23.9. The molecule has 3 aliphatic rings. The number of aliphatic imine (C=N–C) groups is 1. The van der Waals surface area contributed by atoms with Crippen LogP contribution in [0.5, 0.6) is 0 Å². The Morgan fingerprint density at radius 1 is 1.50 bits per heavy atom. The van der Waals surface area contributed by atoms with Crippen molar-refractivity contribution < 1.29 is 23.5 Å². The highest BCUT2D eigenvalue weighted by atomic mass is 127. The van der Waals surface area contributed by atoms with E-state index in [2.05, 4.69) is 15.9 Å². The van der Waals surface area contributed by atoms with Gasteiger partial charge in [0.2, 0.25) is 12.0 Å². The van der Waals surface area contributed by atoms with Gasteiger partial charge in [0.25, 0.3) is 5.91 Å². The van der Waals surface area contributed by atoms with Gasteiger partial charge in [0.05, 0.1) is 18.5 Å². The van der Waals surface area contributed by atoms with Gasteiger partial charge in [-0.25, -0.2) is 14.9 Å². The van der Waals surface area contributed by atoms with Gasteiger partial charge in [-0.15, -0.1) is 0 Å². The number of fused-ring (bicyclic) bond motifs is 1. The number of hydrazine groups is 1. The lowest BCUT2D eigenvalue weighted by Crippen LogP contribution is -2.46. The van der Waals surface area contributed by atoms with E-state index in [4.69, 9.17) is 14.3 Å².